The van der Waals surface area contributed by atoms with E-state index >= 15 is 0 Å². The molecule has 2 aromatic carbocycles. The summed E-state index contributed by atoms with van der Waals surface area (Å²) in [5, 5.41) is 10.7. The smallest absolute Gasteiger partial charge is 0.317 e. The van der Waals surface area contributed by atoms with E-state index in [1.165, 1.54) is 10.8 Å². The number of likely N-dealkylation sites (N-methyl/N-ethyl adjacent to an activating group) is 1. The van der Waals surface area contributed by atoms with Crippen LogP contribution >= 0.6 is 0 Å². The molecule has 0 atom stereocenters. The van der Waals surface area contributed by atoms with Crippen LogP contribution in [0.15, 0.2) is 54.6 Å². The quantitative estimate of drug-likeness (QED) is 0.745. The summed E-state index contributed by atoms with van der Waals surface area (Å²) in [7, 11) is 0. The van der Waals surface area contributed by atoms with Gasteiger partial charge in [-0.2, -0.15) is 0 Å². The topological polar surface area (TPSA) is 53.4 Å². The molecule has 0 saturated heterocycles. The van der Waals surface area contributed by atoms with Crippen LogP contribution in [-0.2, 0) is 4.79 Å². The molecule has 0 radical (unpaired) electrons. The molecular formula is C19H22N2O2. The van der Waals surface area contributed by atoms with Crippen LogP contribution in [0, 0.1) is 0 Å². The first-order valence-electron chi connectivity index (χ1n) is 7.82. The van der Waals surface area contributed by atoms with Crippen molar-refractivity contribution >= 4 is 27.8 Å². The van der Waals surface area contributed by atoms with Gasteiger partial charge in [0.25, 0.3) is 0 Å². The molecule has 0 bridgehead atoms. The summed E-state index contributed by atoms with van der Waals surface area (Å²) in [6.07, 6.45) is 0. The van der Waals surface area contributed by atoms with Crippen LogP contribution in [0.2, 0.25) is 0 Å². The number of aromatic nitrogens is 1. The maximum atomic E-state index is 10.1. The molecule has 0 fully saturated rings. The van der Waals surface area contributed by atoms with Crippen molar-refractivity contribution in [3.63, 3.8) is 0 Å². The molecule has 1 N–H and O–H groups in total. The van der Waals surface area contributed by atoms with E-state index in [2.05, 4.69) is 23.2 Å². The predicted molar refractivity (Wildman–Crippen MR) is 94.7 cm³/mol. The number of nitrogens with zero attached hydrogens (tertiary/aromatic N) is 2. The fourth-order valence-electron chi connectivity index (χ4n) is 2.36. The molecule has 3 aromatic rings. The number of fused-ring (bicyclic) bond motifs is 2. The molecule has 0 spiro atoms. The summed E-state index contributed by atoms with van der Waals surface area (Å²) >= 11 is 0. The van der Waals surface area contributed by atoms with Crippen LogP contribution in [0.5, 0.6) is 0 Å². The zero-order valence-corrected chi connectivity index (χ0v) is 13.6. The molecule has 0 aliphatic carbocycles. The summed E-state index contributed by atoms with van der Waals surface area (Å²) in [5.41, 5.74) is 2.12. The highest BCUT2D eigenvalue weighted by Gasteiger charge is 2.02. The van der Waals surface area contributed by atoms with Gasteiger partial charge in [0.2, 0.25) is 0 Å². The van der Waals surface area contributed by atoms with E-state index < -0.39 is 5.97 Å². The van der Waals surface area contributed by atoms with Gasteiger partial charge in [-0.1, -0.05) is 50.2 Å². The van der Waals surface area contributed by atoms with E-state index in [1.54, 1.807) is 0 Å². The van der Waals surface area contributed by atoms with Gasteiger partial charge in [-0.15, -0.1) is 0 Å². The molecule has 23 heavy (non-hydrogen) atoms. The molecule has 0 amide bonds. The molecule has 1 heterocycles. The number of rotatable bonds is 4. The minimum atomic E-state index is -0.751. The highest BCUT2D eigenvalue weighted by molar-refractivity contribution is 5.92. The first-order valence-corrected chi connectivity index (χ1v) is 7.82. The maximum Gasteiger partial charge on any atom is 0.317 e. The lowest BCUT2D eigenvalue weighted by Gasteiger charge is -2.13. The van der Waals surface area contributed by atoms with E-state index in [4.69, 9.17) is 5.11 Å². The molecule has 4 heteroatoms. The summed E-state index contributed by atoms with van der Waals surface area (Å²) in [4.78, 5) is 16.5. The van der Waals surface area contributed by atoms with Crippen molar-refractivity contribution in [1.29, 1.82) is 0 Å². The van der Waals surface area contributed by atoms with Gasteiger partial charge in [-0.05, 0) is 31.3 Å². The highest BCUT2D eigenvalue weighted by Crippen LogP contribution is 2.18. The van der Waals surface area contributed by atoms with Crippen LogP contribution < -0.4 is 0 Å². The standard InChI is InChI=1S/C13H9N.C6H13NO2/c1-3-7-12-10(5-1)9-11-6-2-4-8-13(11)14-12;1-3-7(4-2)5-6(8)9/h1-9H;3-5H2,1-2H3,(H,8,9). The van der Waals surface area contributed by atoms with Gasteiger partial charge in [0.1, 0.15) is 0 Å². The van der Waals surface area contributed by atoms with Gasteiger partial charge in [0.15, 0.2) is 0 Å². The Balaban J connectivity index is 0.000000188. The molecule has 0 aliphatic rings. The van der Waals surface area contributed by atoms with Gasteiger partial charge < -0.3 is 5.11 Å². The Bertz CT molecular complexity index is 677. The predicted octanol–water partition coefficient (Wildman–Crippen LogP) is 3.80. The number of hydrogen-bond donors (Lipinski definition) is 1. The number of aliphatic carboxylic acids is 1. The largest absolute Gasteiger partial charge is 0.480 e. The monoisotopic (exact) mass is 310 g/mol. The van der Waals surface area contributed by atoms with Crippen LogP contribution in [0.3, 0.4) is 0 Å². The van der Waals surface area contributed by atoms with Crippen molar-refractivity contribution in [2.75, 3.05) is 19.6 Å². The first-order chi connectivity index (χ1) is 11.1. The third-order valence-corrected chi connectivity index (χ3v) is 3.68. The third kappa shape index (κ3) is 4.76. The number of benzene rings is 2. The second kappa shape index (κ2) is 8.25. The summed E-state index contributed by atoms with van der Waals surface area (Å²) in [6.45, 7) is 5.68. The Morgan fingerprint density at radius 3 is 1.83 bits per heavy atom. The van der Waals surface area contributed by atoms with E-state index in [0.29, 0.717) is 0 Å². The molecular weight excluding hydrogens is 288 g/mol. The Labute approximate surface area is 136 Å². The Hall–Kier alpha value is -2.46. The van der Waals surface area contributed by atoms with E-state index in [0.717, 1.165) is 24.1 Å². The lowest BCUT2D eigenvalue weighted by molar-refractivity contribution is -0.138. The lowest BCUT2D eigenvalue weighted by atomic mass is 10.1. The van der Waals surface area contributed by atoms with Crippen LogP contribution in [0.4, 0.5) is 0 Å². The molecule has 3 rings (SSSR count). The Morgan fingerprint density at radius 1 is 0.957 bits per heavy atom. The minimum absolute atomic E-state index is 0.160. The number of carboxylic acids is 1. The Morgan fingerprint density at radius 2 is 1.43 bits per heavy atom. The van der Waals surface area contributed by atoms with E-state index in [9.17, 15) is 4.79 Å². The van der Waals surface area contributed by atoms with Crippen LogP contribution in [-0.4, -0.2) is 40.6 Å². The van der Waals surface area contributed by atoms with E-state index in [-0.39, 0.29) is 6.54 Å². The summed E-state index contributed by atoms with van der Waals surface area (Å²) < 4.78 is 0. The molecule has 0 saturated carbocycles. The SMILES string of the molecule is CCN(CC)CC(=O)O.c1ccc2nc3ccccc3cc2c1. The highest BCUT2D eigenvalue weighted by atomic mass is 16.4. The fraction of sp³-hybridized carbons (Fsp3) is 0.263. The Kier molecular flexibility index (Phi) is 6.06. The van der Waals surface area contributed by atoms with E-state index in [1.807, 2.05) is 55.1 Å². The van der Waals surface area contributed by atoms with Crippen molar-refractivity contribution < 1.29 is 9.90 Å². The fourth-order valence-corrected chi connectivity index (χ4v) is 2.36. The molecule has 4 nitrogen and oxygen atoms in total. The van der Waals surface area contributed by atoms with Crippen LogP contribution in [0.1, 0.15) is 13.8 Å². The van der Waals surface area contributed by atoms with Crippen molar-refractivity contribution in [1.82, 2.24) is 9.88 Å². The average molecular weight is 310 g/mol. The number of carboxylic acid groups (broad SMARTS) is 1. The summed E-state index contributed by atoms with van der Waals surface area (Å²) in [5.74, 6) is -0.751. The summed E-state index contributed by atoms with van der Waals surface area (Å²) in [6, 6.07) is 18.6. The average Bonchev–Trinajstić information content (AvgIpc) is 2.58. The second-order valence-corrected chi connectivity index (χ2v) is 5.23. The zero-order valence-electron chi connectivity index (χ0n) is 13.6. The number of para-hydroxylation sites is 2. The number of hydrogen-bond acceptors (Lipinski definition) is 3. The number of carbonyl (C=O) groups is 1. The van der Waals surface area contributed by atoms with Crippen LogP contribution in [0.25, 0.3) is 21.8 Å². The normalized spacial score (nSPS) is 10.6. The van der Waals surface area contributed by atoms with Gasteiger partial charge >= 0.3 is 5.97 Å². The van der Waals surface area contributed by atoms with Gasteiger partial charge in [-0.25, -0.2) is 4.98 Å². The maximum absolute atomic E-state index is 10.1. The van der Waals surface area contributed by atoms with Crippen molar-refractivity contribution in [2.24, 2.45) is 0 Å². The van der Waals surface area contributed by atoms with Gasteiger partial charge in [0.05, 0.1) is 17.6 Å². The van der Waals surface area contributed by atoms with Crippen molar-refractivity contribution in [3.05, 3.63) is 54.6 Å². The second-order valence-electron chi connectivity index (χ2n) is 5.23. The van der Waals surface area contributed by atoms with Crippen molar-refractivity contribution in [2.45, 2.75) is 13.8 Å². The molecule has 1 aromatic heterocycles. The minimum Gasteiger partial charge on any atom is -0.480 e. The molecule has 120 valence electrons. The first kappa shape index (κ1) is 16.9. The van der Waals surface area contributed by atoms with Crippen molar-refractivity contribution in [3.8, 4) is 0 Å². The van der Waals surface area contributed by atoms with Gasteiger partial charge in [0, 0.05) is 10.8 Å². The molecule has 0 unspecified atom stereocenters. The van der Waals surface area contributed by atoms with Gasteiger partial charge in [-0.3, -0.25) is 9.69 Å². The third-order valence-electron chi connectivity index (χ3n) is 3.68. The lowest BCUT2D eigenvalue weighted by Crippen LogP contribution is -2.29. The zero-order chi connectivity index (χ0) is 16.7. The molecule has 0 aliphatic heterocycles. The number of pyridine rings is 1.